The smallest absolute Gasteiger partial charge is 0.353 e. The molecule has 2 atom stereocenters. The lowest BCUT2D eigenvalue weighted by Gasteiger charge is -2.49. The van der Waals surface area contributed by atoms with Crippen LogP contribution in [0.3, 0.4) is 0 Å². The molecule has 0 aliphatic carbocycles. The van der Waals surface area contributed by atoms with Crippen molar-refractivity contribution in [3.8, 4) is 0 Å². The standard InChI is InChI=1S/C20H19N5O6S2/c1-24(2)20-23-22-15(33-20)11-8-32-17-13(16(27)25(17)14(11)19(30)31)21-12(26)7-9-5-3-4-6-10(9)18(28)29/h3-6,13,17H,7-8H2,1-2H3,(H,21,26)(H,28,29)(H,30,31)/t13?,17-/m1/s1. The van der Waals surface area contributed by atoms with E-state index in [4.69, 9.17) is 0 Å². The van der Waals surface area contributed by atoms with Crippen molar-refractivity contribution in [2.24, 2.45) is 0 Å². The van der Waals surface area contributed by atoms with Crippen LogP contribution in [0.5, 0.6) is 0 Å². The summed E-state index contributed by atoms with van der Waals surface area (Å²) in [6, 6.07) is 5.23. The number of benzene rings is 1. The normalized spacial score (nSPS) is 19.6. The van der Waals surface area contributed by atoms with E-state index in [1.54, 1.807) is 31.1 Å². The van der Waals surface area contributed by atoms with Crippen molar-refractivity contribution >= 4 is 57.6 Å². The molecule has 0 saturated carbocycles. The number of thioether (sulfide) groups is 1. The van der Waals surface area contributed by atoms with Gasteiger partial charge in [0, 0.05) is 25.4 Å². The maximum atomic E-state index is 12.8. The number of fused-ring (bicyclic) bond motifs is 1. The van der Waals surface area contributed by atoms with Crippen molar-refractivity contribution in [1.82, 2.24) is 20.4 Å². The number of aromatic nitrogens is 2. The van der Waals surface area contributed by atoms with Crippen molar-refractivity contribution in [3.63, 3.8) is 0 Å². The average Bonchev–Trinajstić information content (AvgIpc) is 3.27. The van der Waals surface area contributed by atoms with E-state index in [0.717, 1.165) is 0 Å². The van der Waals surface area contributed by atoms with E-state index in [1.807, 2.05) is 0 Å². The number of rotatable bonds is 7. The van der Waals surface area contributed by atoms with E-state index in [9.17, 15) is 29.4 Å². The number of β-lactam (4-membered cyclic amide) rings is 1. The van der Waals surface area contributed by atoms with Crippen LogP contribution in [-0.4, -0.2) is 80.3 Å². The van der Waals surface area contributed by atoms with Gasteiger partial charge in [0.1, 0.15) is 22.1 Å². The predicted octanol–water partition coefficient (Wildman–Crippen LogP) is 0.741. The molecule has 2 amide bonds. The fourth-order valence-electron chi connectivity index (χ4n) is 3.58. The Labute approximate surface area is 196 Å². The fraction of sp³-hybridized carbons (Fsp3) is 0.300. The van der Waals surface area contributed by atoms with Gasteiger partial charge in [-0.3, -0.25) is 14.5 Å². The Morgan fingerprint density at radius 3 is 2.55 bits per heavy atom. The Kier molecular flexibility index (Phi) is 6.08. The van der Waals surface area contributed by atoms with Crippen LogP contribution in [-0.2, 0) is 20.8 Å². The number of aromatic carboxylic acids is 1. The van der Waals surface area contributed by atoms with Gasteiger partial charge in [0.05, 0.1) is 12.0 Å². The highest BCUT2D eigenvalue weighted by Crippen LogP contribution is 2.44. The molecule has 0 spiro atoms. The molecule has 1 unspecified atom stereocenters. The first kappa shape index (κ1) is 22.7. The number of hydrogen-bond acceptors (Lipinski definition) is 9. The van der Waals surface area contributed by atoms with Crippen molar-refractivity contribution in [1.29, 1.82) is 0 Å². The van der Waals surface area contributed by atoms with Crippen LogP contribution in [0, 0.1) is 0 Å². The molecular formula is C20H19N5O6S2. The molecule has 0 radical (unpaired) electrons. The molecule has 1 aromatic heterocycles. The number of carbonyl (C=O) groups excluding carboxylic acids is 2. The Morgan fingerprint density at radius 1 is 1.18 bits per heavy atom. The number of carboxylic acids is 2. The third-order valence-electron chi connectivity index (χ3n) is 5.14. The van der Waals surface area contributed by atoms with Crippen LogP contribution in [0.15, 0.2) is 30.0 Å². The number of hydrogen-bond donors (Lipinski definition) is 3. The number of aliphatic carboxylic acids is 1. The Morgan fingerprint density at radius 2 is 1.91 bits per heavy atom. The van der Waals surface area contributed by atoms with Crippen molar-refractivity contribution in [2.45, 2.75) is 17.8 Å². The second kappa shape index (κ2) is 8.83. The zero-order valence-corrected chi connectivity index (χ0v) is 19.1. The maximum Gasteiger partial charge on any atom is 0.353 e. The molecule has 1 aromatic carbocycles. The molecule has 1 fully saturated rings. The number of amides is 2. The second-order valence-corrected chi connectivity index (χ2v) is 9.57. The van der Waals surface area contributed by atoms with E-state index < -0.39 is 35.2 Å². The molecule has 4 rings (SSSR count). The summed E-state index contributed by atoms with van der Waals surface area (Å²) >= 11 is 2.55. The molecule has 2 aliphatic heterocycles. The van der Waals surface area contributed by atoms with Crippen molar-refractivity contribution in [2.75, 3.05) is 24.7 Å². The molecule has 2 aliphatic rings. The van der Waals surface area contributed by atoms with Gasteiger partial charge in [0.25, 0.3) is 5.91 Å². The molecule has 33 heavy (non-hydrogen) atoms. The van der Waals surface area contributed by atoms with Crippen LogP contribution < -0.4 is 10.2 Å². The van der Waals surface area contributed by atoms with Crippen LogP contribution in [0.2, 0.25) is 0 Å². The number of carboxylic acid groups (broad SMARTS) is 2. The lowest BCUT2D eigenvalue weighted by Crippen LogP contribution is -2.70. The number of anilines is 1. The maximum absolute atomic E-state index is 12.8. The minimum atomic E-state index is -1.26. The molecule has 2 aromatic rings. The van der Waals surface area contributed by atoms with Gasteiger partial charge in [-0.2, -0.15) is 0 Å². The van der Waals surface area contributed by atoms with Crippen molar-refractivity contribution < 1.29 is 29.4 Å². The highest BCUT2D eigenvalue weighted by Gasteiger charge is 2.54. The Hall–Kier alpha value is -3.45. The van der Waals surface area contributed by atoms with Gasteiger partial charge in [0.2, 0.25) is 11.0 Å². The van der Waals surface area contributed by atoms with Gasteiger partial charge in [0.15, 0.2) is 0 Å². The van der Waals surface area contributed by atoms with Gasteiger partial charge >= 0.3 is 11.9 Å². The first-order valence-electron chi connectivity index (χ1n) is 9.72. The molecule has 172 valence electrons. The summed E-state index contributed by atoms with van der Waals surface area (Å²) in [7, 11) is 3.59. The molecule has 13 heteroatoms. The van der Waals surface area contributed by atoms with E-state index in [0.29, 0.717) is 21.3 Å². The molecule has 3 N–H and O–H groups in total. The van der Waals surface area contributed by atoms with Crippen LogP contribution in [0.1, 0.15) is 20.9 Å². The first-order valence-corrected chi connectivity index (χ1v) is 11.6. The lowest BCUT2D eigenvalue weighted by atomic mass is 10.0. The van der Waals surface area contributed by atoms with Gasteiger partial charge in [-0.25, -0.2) is 9.59 Å². The van der Waals surface area contributed by atoms with E-state index in [2.05, 4.69) is 15.5 Å². The minimum absolute atomic E-state index is 0.0103. The van der Waals surface area contributed by atoms with Crippen LogP contribution >= 0.6 is 23.1 Å². The van der Waals surface area contributed by atoms with E-state index >= 15 is 0 Å². The number of nitrogens with zero attached hydrogens (tertiary/aromatic N) is 4. The zero-order valence-electron chi connectivity index (χ0n) is 17.5. The summed E-state index contributed by atoms with van der Waals surface area (Å²) in [6.07, 6.45) is -0.214. The van der Waals surface area contributed by atoms with Gasteiger partial charge in [-0.15, -0.1) is 22.0 Å². The SMILES string of the molecule is CN(C)c1nnc(C2=C(C(=O)O)N3C(=O)C(NC(=O)Cc4ccccc4C(=O)O)[C@H]3SC2)s1. The lowest BCUT2D eigenvalue weighted by molar-refractivity contribution is -0.150. The predicted molar refractivity (Wildman–Crippen MR) is 121 cm³/mol. The molecule has 3 heterocycles. The van der Waals surface area contributed by atoms with Gasteiger partial charge in [-0.05, 0) is 11.6 Å². The summed E-state index contributed by atoms with van der Waals surface area (Å²) in [6.45, 7) is 0. The third-order valence-corrected chi connectivity index (χ3v) is 7.57. The Balaban J connectivity index is 1.52. The fourth-order valence-corrected chi connectivity index (χ4v) is 5.83. The van der Waals surface area contributed by atoms with E-state index in [-0.39, 0.29) is 23.4 Å². The molecule has 11 nitrogen and oxygen atoms in total. The highest BCUT2D eigenvalue weighted by molar-refractivity contribution is 8.00. The van der Waals surface area contributed by atoms with Crippen LogP contribution in [0.25, 0.3) is 5.57 Å². The molecule has 1 saturated heterocycles. The third kappa shape index (κ3) is 4.16. The second-order valence-electron chi connectivity index (χ2n) is 7.51. The summed E-state index contributed by atoms with van der Waals surface area (Å²) in [5.41, 5.74) is 0.578. The minimum Gasteiger partial charge on any atom is -0.478 e. The summed E-state index contributed by atoms with van der Waals surface area (Å²) < 4.78 is 0. The monoisotopic (exact) mass is 489 g/mol. The number of nitrogens with one attached hydrogen (secondary N) is 1. The number of carbonyl (C=O) groups is 4. The summed E-state index contributed by atoms with van der Waals surface area (Å²) in [5, 5.41) is 30.3. The average molecular weight is 490 g/mol. The zero-order chi connectivity index (χ0) is 23.9. The largest absolute Gasteiger partial charge is 0.478 e. The van der Waals surface area contributed by atoms with E-state index in [1.165, 1.54) is 40.1 Å². The van der Waals surface area contributed by atoms with Crippen LogP contribution in [0.4, 0.5) is 5.13 Å². The quantitative estimate of drug-likeness (QED) is 0.475. The molecular weight excluding hydrogens is 470 g/mol. The first-order chi connectivity index (χ1) is 15.7. The van der Waals surface area contributed by atoms with Crippen molar-refractivity contribution in [3.05, 3.63) is 46.1 Å². The Bertz CT molecular complexity index is 1190. The molecule has 0 bridgehead atoms. The van der Waals surface area contributed by atoms with Gasteiger partial charge < -0.3 is 20.4 Å². The summed E-state index contributed by atoms with van der Waals surface area (Å²) in [5.74, 6) is -3.18. The summed E-state index contributed by atoms with van der Waals surface area (Å²) in [4.78, 5) is 51.7. The highest BCUT2D eigenvalue weighted by atomic mass is 32.2. The van der Waals surface area contributed by atoms with Gasteiger partial charge in [-0.1, -0.05) is 29.5 Å². The topological polar surface area (TPSA) is 153 Å².